The van der Waals surface area contributed by atoms with E-state index in [1.807, 2.05) is 32.0 Å². The van der Waals surface area contributed by atoms with Gasteiger partial charge in [0, 0.05) is 0 Å². The van der Waals surface area contributed by atoms with Gasteiger partial charge in [0.05, 0.1) is 23.5 Å². The molecule has 164 valence electrons. The number of carbonyl (C=O) groups excluding carboxylic acids is 1. The predicted octanol–water partition coefficient (Wildman–Crippen LogP) is 3.84. The fraction of sp³-hybridized carbons (Fsp3) is 0.381. The van der Waals surface area contributed by atoms with Crippen LogP contribution in [0.1, 0.15) is 24.5 Å². The van der Waals surface area contributed by atoms with E-state index in [4.69, 9.17) is 16.3 Å². The molecule has 0 aliphatic carbocycles. The highest BCUT2D eigenvalue weighted by atomic mass is 35.5. The number of hydrogen-bond acceptors (Lipinski definition) is 4. The van der Waals surface area contributed by atoms with Gasteiger partial charge >= 0.3 is 0 Å². The molecule has 1 N–H and O–H groups in total. The standard InChI is InChI=1S/C21H26ClFN2O4S/c1-5-19(25(30(4,27)28)16-9-10-18(23)17(22)13-16)21(26)24-11-12-29-20-8-6-7-14(2)15(20)3/h6-10,13,19H,5,11-12H2,1-4H3,(H,24,26)/t19-/m0/s1. The second-order valence-electron chi connectivity index (χ2n) is 6.92. The van der Waals surface area contributed by atoms with E-state index in [-0.39, 0.29) is 30.3 Å². The smallest absolute Gasteiger partial charge is 0.244 e. The van der Waals surface area contributed by atoms with Crippen LogP contribution in [-0.2, 0) is 14.8 Å². The van der Waals surface area contributed by atoms with Crippen LogP contribution in [-0.4, -0.2) is 39.8 Å². The number of ether oxygens (including phenoxy) is 1. The Morgan fingerprint density at radius 2 is 1.97 bits per heavy atom. The molecule has 0 aliphatic rings. The van der Waals surface area contributed by atoms with Crippen LogP contribution in [0.3, 0.4) is 0 Å². The van der Waals surface area contributed by atoms with Crippen molar-refractivity contribution < 1.29 is 22.3 Å². The van der Waals surface area contributed by atoms with Crippen molar-refractivity contribution in [3.05, 3.63) is 58.4 Å². The van der Waals surface area contributed by atoms with Crippen molar-refractivity contribution in [2.45, 2.75) is 33.2 Å². The number of amides is 1. The van der Waals surface area contributed by atoms with Crippen LogP contribution < -0.4 is 14.4 Å². The maximum Gasteiger partial charge on any atom is 0.244 e. The van der Waals surface area contributed by atoms with Crippen LogP contribution in [0.2, 0.25) is 5.02 Å². The number of nitrogens with zero attached hydrogens (tertiary/aromatic N) is 1. The van der Waals surface area contributed by atoms with Gasteiger partial charge in [0.25, 0.3) is 0 Å². The Morgan fingerprint density at radius 1 is 1.27 bits per heavy atom. The summed E-state index contributed by atoms with van der Waals surface area (Å²) < 4.78 is 45.0. The summed E-state index contributed by atoms with van der Waals surface area (Å²) in [6.45, 7) is 6.06. The highest BCUT2D eigenvalue weighted by molar-refractivity contribution is 7.92. The van der Waals surface area contributed by atoms with Gasteiger partial charge < -0.3 is 10.1 Å². The highest BCUT2D eigenvalue weighted by Crippen LogP contribution is 2.27. The zero-order valence-corrected chi connectivity index (χ0v) is 19.0. The van der Waals surface area contributed by atoms with E-state index in [2.05, 4.69) is 5.32 Å². The molecule has 0 heterocycles. The molecule has 6 nitrogen and oxygen atoms in total. The lowest BCUT2D eigenvalue weighted by molar-refractivity contribution is -0.122. The maximum atomic E-state index is 13.5. The van der Waals surface area contributed by atoms with Crippen molar-refractivity contribution in [3.8, 4) is 5.75 Å². The second-order valence-corrected chi connectivity index (χ2v) is 9.19. The molecule has 9 heteroatoms. The monoisotopic (exact) mass is 456 g/mol. The summed E-state index contributed by atoms with van der Waals surface area (Å²) in [5.41, 5.74) is 2.24. The van der Waals surface area contributed by atoms with Gasteiger partial charge in [-0.1, -0.05) is 30.7 Å². The van der Waals surface area contributed by atoms with Gasteiger partial charge in [0.15, 0.2) is 0 Å². The quantitative estimate of drug-likeness (QED) is 0.582. The minimum absolute atomic E-state index is 0.123. The molecule has 2 aromatic rings. The Hall–Kier alpha value is -2.32. The van der Waals surface area contributed by atoms with Crippen molar-refractivity contribution in [2.24, 2.45) is 0 Å². The second kappa shape index (κ2) is 10.1. The Kier molecular flexibility index (Phi) is 8.09. The largest absolute Gasteiger partial charge is 0.491 e. The summed E-state index contributed by atoms with van der Waals surface area (Å²) in [7, 11) is -3.83. The zero-order chi connectivity index (χ0) is 22.5. The number of rotatable bonds is 9. The lowest BCUT2D eigenvalue weighted by Gasteiger charge is -2.30. The first-order valence-corrected chi connectivity index (χ1v) is 11.7. The van der Waals surface area contributed by atoms with Crippen molar-refractivity contribution in [1.29, 1.82) is 0 Å². The van der Waals surface area contributed by atoms with Crippen LogP contribution >= 0.6 is 11.6 Å². The summed E-state index contributed by atoms with van der Waals surface area (Å²) in [4.78, 5) is 12.7. The van der Waals surface area contributed by atoms with Crippen LogP contribution in [0.5, 0.6) is 5.75 Å². The lowest BCUT2D eigenvalue weighted by atomic mass is 10.1. The summed E-state index contributed by atoms with van der Waals surface area (Å²) in [6.07, 6.45) is 1.20. The Morgan fingerprint density at radius 3 is 2.57 bits per heavy atom. The van der Waals surface area contributed by atoms with Gasteiger partial charge in [-0.2, -0.15) is 0 Å². The van der Waals surface area contributed by atoms with Crippen molar-refractivity contribution in [3.63, 3.8) is 0 Å². The fourth-order valence-electron chi connectivity index (χ4n) is 3.02. The number of nitrogens with one attached hydrogen (secondary N) is 1. The molecule has 2 aromatic carbocycles. The third-order valence-electron chi connectivity index (χ3n) is 4.70. The molecule has 2 rings (SSSR count). The molecule has 1 amide bonds. The Bertz CT molecular complexity index is 1010. The molecular formula is C21H26ClFN2O4S. The van der Waals surface area contributed by atoms with Crippen LogP contribution in [0, 0.1) is 19.7 Å². The zero-order valence-electron chi connectivity index (χ0n) is 17.4. The SMILES string of the molecule is CC[C@@H](C(=O)NCCOc1cccc(C)c1C)N(c1ccc(F)c(Cl)c1)S(C)(=O)=O. The summed E-state index contributed by atoms with van der Waals surface area (Å²) >= 11 is 5.81. The summed E-state index contributed by atoms with van der Waals surface area (Å²) in [6, 6.07) is 8.25. The van der Waals surface area contributed by atoms with Gasteiger partial charge in [-0.15, -0.1) is 0 Å². The first-order chi connectivity index (χ1) is 14.1. The van der Waals surface area contributed by atoms with Crippen LogP contribution in [0.25, 0.3) is 0 Å². The summed E-state index contributed by atoms with van der Waals surface area (Å²) in [5, 5.41) is 2.49. The molecule has 0 aliphatic heterocycles. The minimum atomic E-state index is -3.83. The fourth-order valence-corrected chi connectivity index (χ4v) is 4.39. The third kappa shape index (κ3) is 5.86. The number of anilines is 1. The van der Waals surface area contributed by atoms with Crippen LogP contribution in [0.4, 0.5) is 10.1 Å². The van der Waals surface area contributed by atoms with Gasteiger partial charge in [0.2, 0.25) is 15.9 Å². The van der Waals surface area contributed by atoms with E-state index in [0.29, 0.717) is 0 Å². The number of halogens is 2. The highest BCUT2D eigenvalue weighted by Gasteiger charge is 2.31. The van der Waals surface area contributed by atoms with Crippen molar-refractivity contribution in [2.75, 3.05) is 23.7 Å². The predicted molar refractivity (Wildman–Crippen MR) is 117 cm³/mol. The molecular weight excluding hydrogens is 431 g/mol. The first-order valence-electron chi connectivity index (χ1n) is 9.47. The number of hydrogen-bond donors (Lipinski definition) is 1. The molecule has 0 bridgehead atoms. The number of benzene rings is 2. The van der Waals surface area contributed by atoms with Gasteiger partial charge in [0.1, 0.15) is 24.2 Å². The Balaban J connectivity index is 2.10. The average molecular weight is 457 g/mol. The molecule has 0 saturated carbocycles. The van der Waals surface area contributed by atoms with E-state index in [9.17, 15) is 17.6 Å². The molecule has 0 unspecified atom stereocenters. The van der Waals surface area contributed by atoms with E-state index in [1.165, 1.54) is 12.1 Å². The number of carbonyl (C=O) groups is 1. The average Bonchev–Trinajstić information content (AvgIpc) is 2.67. The van der Waals surface area contributed by atoms with E-state index < -0.39 is 27.8 Å². The van der Waals surface area contributed by atoms with E-state index >= 15 is 0 Å². The van der Waals surface area contributed by atoms with E-state index in [0.717, 1.165) is 33.5 Å². The molecule has 30 heavy (non-hydrogen) atoms. The molecule has 1 atom stereocenters. The molecule has 0 spiro atoms. The van der Waals surface area contributed by atoms with Gasteiger partial charge in [-0.05, 0) is 55.7 Å². The molecule has 0 radical (unpaired) electrons. The third-order valence-corrected chi connectivity index (χ3v) is 6.17. The topological polar surface area (TPSA) is 75.7 Å². The molecule has 0 fully saturated rings. The minimum Gasteiger partial charge on any atom is -0.491 e. The number of aryl methyl sites for hydroxylation is 1. The van der Waals surface area contributed by atoms with Crippen molar-refractivity contribution in [1.82, 2.24) is 5.32 Å². The Labute approximate surface area is 182 Å². The summed E-state index contributed by atoms with van der Waals surface area (Å²) in [5.74, 6) is -0.419. The molecule has 0 saturated heterocycles. The van der Waals surface area contributed by atoms with Gasteiger partial charge in [-0.3, -0.25) is 9.10 Å². The molecule has 0 aromatic heterocycles. The van der Waals surface area contributed by atoms with Gasteiger partial charge in [-0.25, -0.2) is 12.8 Å². The lowest BCUT2D eigenvalue weighted by Crippen LogP contribution is -2.50. The van der Waals surface area contributed by atoms with Crippen LogP contribution in [0.15, 0.2) is 36.4 Å². The normalized spacial score (nSPS) is 12.3. The van der Waals surface area contributed by atoms with E-state index in [1.54, 1.807) is 6.92 Å². The number of sulfonamides is 1. The maximum absolute atomic E-state index is 13.5. The van der Waals surface area contributed by atoms with Crippen molar-refractivity contribution >= 4 is 33.2 Å². The first kappa shape index (κ1) is 24.0.